The molecule has 1 nitrogen and oxygen atoms in total. The molecule has 1 aromatic heterocycles. The maximum atomic E-state index is 2.45. The number of nitrogens with zero attached hydrogens (tertiary/aromatic N) is 1. The summed E-state index contributed by atoms with van der Waals surface area (Å²) in [5.74, 6) is 0. The molecular weight excluding hydrogens is 899 g/mol. The molecule has 14 rings (SSSR count). The second-order valence-electron chi connectivity index (χ2n) is 19.2. The van der Waals surface area contributed by atoms with Crippen LogP contribution in [0.15, 0.2) is 285 Å². The average Bonchev–Trinajstić information content (AvgIpc) is 4.01. The molecule has 0 aliphatic heterocycles. The summed E-state index contributed by atoms with van der Waals surface area (Å²) in [6.07, 6.45) is 0. The summed E-state index contributed by atoms with van der Waals surface area (Å²) in [6.45, 7) is 0. The van der Waals surface area contributed by atoms with Crippen LogP contribution in [0.2, 0.25) is 0 Å². The third-order valence-corrected chi connectivity index (χ3v) is 16.3. The minimum Gasteiger partial charge on any atom is -0.310 e. The number of rotatable bonds is 9. The van der Waals surface area contributed by atoms with Crippen LogP contribution >= 0.6 is 11.3 Å². The summed E-state index contributed by atoms with van der Waals surface area (Å²) in [4.78, 5) is 2.45. The second-order valence-corrected chi connectivity index (χ2v) is 20.2. The zero-order valence-electron chi connectivity index (χ0n) is 40.0. The number of hydrogen-bond acceptors (Lipinski definition) is 2. The van der Waals surface area contributed by atoms with Crippen molar-refractivity contribution in [2.45, 2.75) is 5.41 Å². The van der Waals surface area contributed by atoms with Crippen LogP contribution in [0.4, 0.5) is 17.1 Å². The Morgan fingerprint density at radius 2 is 0.795 bits per heavy atom. The molecule has 1 aliphatic rings. The lowest BCUT2D eigenvalue weighted by molar-refractivity contribution is 0.768. The lowest BCUT2D eigenvalue weighted by Crippen LogP contribution is -2.28. The second kappa shape index (κ2) is 17.6. The molecule has 0 spiro atoms. The summed E-state index contributed by atoms with van der Waals surface area (Å²) < 4.78 is 2.57. The van der Waals surface area contributed by atoms with Crippen LogP contribution in [0.25, 0.3) is 86.6 Å². The fourth-order valence-corrected chi connectivity index (χ4v) is 12.9. The minimum absolute atomic E-state index is 0.458. The Bertz CT molecular complexity index is 4150. The molecule has 1 heterocycles. The molecule has 73 heavy (non-hydrogen) atoms. The standard InChI is InChI=1S/C71H47NS/c1-3-23-57(24-4-1)71(58-25-5-2-6-26-58)64-30-11-9-27-62(64)69-61(29-15-31-65(69)71)50-39-43-60(44-40-50)72(66-32-16-34-68-70(66)63-28-10-12-33-67(63)73-68)59-41-37-49(38-42-59)52-19-13-20-53(45-52)54-21-14-22-55(47-54)56-36-35-48-17-7-8-18-51(48)46-56/h1-47H. The molecule has 1 aliphatic carbocycles. The molecule has 0 fully saturated rings. The van der Waals surface area contributed by atoms with Crippen molar-refractivity contribution in [3.8, 4) is 55.6 Å². The molecule has 0 N–H and O–H groups in total. The van der Waals surface area contributed by atoms with Gasteiger partial charge in [-0.15, -0.1) is 11.3 Å². The van der Waals surface area contributed by atoms with Gasteiger partial charge in [0, 0.05) is 31.5 Å². The third-order valence-electron chi connectivity index (χ3n) is 15.1. The number of thiophene rings is 1. The molecule has 0 bridgehead atoms. The van der Waals surface area contributed by atoms with E-state index >= 15 is 0 Å². The Labute approximate surface area is 430 Å². The van der Waals surface area contributed by atoms with Crippen molar-refractivity contribution in [3.63, 3.8) is 0 Å². The van der Waals surface area contributed by atoms with E-state index in [1.165, 1.54) is 109 Å². The van der Waals surface area contributed by atoms with Gasteiger partial charge >= 0.3 is 0 Å². The predicted molar refractivity (Wildman–Crippen MR) is 311 cm³/mol. The molecule has 0 amide bonds. The molecule has 0 saturated heterocycles. The van der Waals surface area contributed by atoms with E-state index in [9.17, 15) is 0 Å². The van der Waals surface area contributed by atoms with Crippen molar-refractivity contribution in [3.05, 3.63) is 307 Å². The minimum atomic E-state index is -0.458. The number of hydrogen-bond donors (Lipinski definition) is 0. The zero-order chi connectivity index (χ0) is 48.3. The average molecular weight is 946 g/mol. The van der Waals surface area contributed by atoms with Crippen molar-refractivity contribution in [1.82, 2.24) is 0 Å². The predicted octanol–water partition coefficient (Wildman–Crippen LogP) is 19.7. The fraction of sp³-hybridized carbons (Fsp3) is 0.0141. The number of fused-ring (bicyclic) bond motifs is 7. The summed E-state index contributed by atoms with van der Waals surface area (Å²) in [5.41, 5.74) is 20.2. The lowest BCUT2D eigenvalue weighted by atomic mass is 9.67. The fourth-order valence-electron chi connectivity index (χ4n) is 11.8. The summed E-state index contributed by atoms with van der Waals surface area (Å²) in [6, 6.07) is 105. The maximum absolute atomic E-state index is 2.45. The van der Waals surface area contributed by atoms with E-state index in [0.717, 1.165) is 17.1 Å². The highest BCUT2D eigenvalue weighted by Gasteiger charge is 2.46. The summed E-state index contributed by atoms with van der Waals surface area (Å²) >= 11 is 1.86. The van der Waals surface area contributed by atoms with Gasteiger partial charge in [0.05, 0.1) is 11.1 Å². The lowest BCUT2D eigenvalue weighted by Gasteiger charge is -2.34. The van der Waals surface area contributed by atoms with Gasteiger partial charge in [-0.1, -0.05) is 224 Å². The van der Waals surface area contributed by atoms with Gasteiger partial charge < -0.3 is 4.90 Å². The van der Waals surface area contributed by atoms with E-state index < -0.39 is 5.41 Å². The molecule has 0 saturated carbocycles. The molecule has 2 heteroatoms. The van der Waals surface area contributed by atoms with Crippen LogP contribution in [0.1, 0.15) is 22.3 Å². The molecule has 0 radical (unpaired) electrons. The molecular formula is C71H47NS. The van der Waals surface area contributed by atoms with Crippen LogP contribution in [0.5, 0.6) is 0 Å². The molecule has 342 valence electrons. The van der Waals surface area contributed by atoms with E-state index in [1.54, 1.807) is 0 Å². The Morgan fingerprint density at radius 1 is 0.301 bits per heavy atom. The van der Waals surface area contributed by atoms with Crippen LogP contribution < -0.4 is 4.90 Å². The normalized spacial score (nSPS) is 12.5. The highest BCUT2D eigenvalue weighted by Crippen LogP contribution is 2.58. The quantitative estimate of drug-likeness (QED) is 0.139. The zero-order valence-corrected chi connectivity index (χ0v) is 40.8. The topological polar surface area (TPSA) is 3.24 Å². The first-order valence-electron chi connectivity index (χ1n) is 25.1. The van der Waals surface area contributed by atoms with Gasteiger partial charge in [-0.05, 0) is 149 Å². The van der Waals surface area contributed by atoms with E-state index in [2.05, 4.69) is 290 Å². The Kier molecular flexibility index (Phi) is 10.3. The van der Waals surface area contributed by atoms with Crippen molar-refractivity contribution in [1.29, 1.82) is 0 Å². The van der Waals surface area contributed by atoms with E-state index in [-0.39, 0.29) is 0 Å². The first kappa shape index (κ1) is 42.8. The van der Waals surface area contributed by atoms with Gasteiger partial charge in [0.25, 0.3) is 0 Å². The van der Waals surface area contributed by atoms with E-state index in [0.29, 0.717) is 0 Å². The summed E-state index contributed by atoms with van der Waals surface area (Å²) in [5, 5.41) is 5.05. The first-order chi connectivity index (χ1) is 36.2. The molecule has 13 aromatic rings. The van der Waals surface area contributed by atoms with E-state index in [4.69, 9.17) is 0 Å². The Balaban J connectivity index is 0.860. The molecule has 0 atom stereocenters. The van der Waals surface area contributed by atoms with Crippen LogP contribution in [-0.4, -0.2) is 0 Å². The number of anilines is 3. The van der Waals surface area contributed by atoms with E-state index in [1.807, 2.05) is 11.3 Å². The SMILES string of the molecule is c1ccc(C2(c3ccccc3)c3ccccc3-c3c(-c4ccc(N(c5ccc(-c6cccc(-c7cccc(-c8ccc9ccccc9c8)c7)c6)cc5)c5cccc6sc7ccccc7c56)cc4)cccc32)cc1. The van der Waals surface area contributed by atoms with Gasteiger partial charge in [0.15, 0.2) is 0 Å². The first-order valence-corrected chi connectivity index (χ1v) is 26.0. The highest BCUT2D eigenvalue weighted by atomic mass is 32.1. The van der Waals surface area contributed by atoms with Gasteiger partial charge in [0.2, 0.25) is 0 Å². The maximum Gasteiger partial charge on any atom is 0.0713 e. The Morgan fingerprint density at radius 3 is 1.49 bits per heavy atom. The van der Waals surface area contributed by atoms with Gasteiger partial charge in [-0.25, -0.2) is 0 Å². The van der Waals surface area contributed by atoms with Gasteiger partial charge in [-0.2, -0.15) is 0 Å². The third kappa shape index (κ3) is 7.13. The van der Waals surface area contributed by atoms with Crippen LogP contribution in [0.3, 0.4) is 0 Å². The molecule has 0 unspecified atom stereocenters. The monoisotopic (exact) mass is 945 g/mol. The van der Waals surface area contributed by atoms with Crippen molar-refractivity contribution in [2.24, 2.45) is 0 Å². The number of benzene rings is 12. The van der Waals surface area contributed by atoms with Gasteiger partial charge in [0.1, 0.15) is 0 Å². The largest absolute Gasteiger partial charge is 0.310 e. The van der Waals surface area contributed by atoms with Crippen LogP contribution in [-0.2, 0) is 5.41 Å². The summed E-state index contributed by atoms with van der Waals surface area (Å²) in [7, 11) is 0. The van der Waals surface area contributed by atoms with Crippen molar-refractivity contribution >= 4 is 59.3 Å². The smallest absolute Gasteiger partial charge is 0.0713 e. The van der Waals surface area contributed by atoms with Crippen LogP contribution in [0, 0.1) is 0 Å². The molecule has 12 aromatic carbocycles. The van der Waals surface area contributed by atoms with Crippen molar-refractivity contribution in [2.75, 3.05) is 4.90 Å². The van der Waals surface area contributed by atoms with Crippen molar-refractivity contribution < 1.29 is 0 Å². The highest BCUT2D eigenvalue weighted by molar-refractivity contribution is 7.26. The Hall–Kier alpha value is -9.08. The van der Waals surface area contributed by atoms with Gasteiger partial charge in [-0.3, -0.25) is 0 Å².